The number of hydrogen-bond donors (Lipinski definition) is 6. The van der Waals surface area contributed by atoms with Gasteiger partial charge in [-0.05, 0) is 12.1 Å². The number of phenolic OH excluding ortho intramolecular Hbond substituents is 2. The van der Waals surface area contributed by atoms with E-state index in [1.54, 1.807) is 0 Å². The van der Waals surface area contributed by atoms with Crippen LogP contribution in [0.5, 0.6) is 17.2 Å². The van der Waals surface area contributed by atoms with Gasteiger partial charge in [0.25, 0.3) is 0 Å². The molecule has 6 N–H and O–H groups in total. The number of benzene rings is 1. The Hall–Kier alpha value is -2.37. The molecule has 5 atom stereocenters. The molecule has 10 nitrogen and oxygen atoms in total. The Morgan fingerprint density at radius 1 is 1.08 bits per heavy atom. The lowest BCUT2D eigenvalue weighted by atomic mass is 9.99. The van der Waals surface area contributed by atoms with Gasteiger partial charge < -0.3 is 44.5 Å². The van der Waals surface area contributed by atoms with E-state index in [1.807, 2.05) is 0 Å². The highest BCUT2D eigenvalue weighted by atomic mass is 16.7. The molecule has 2 aromatic rings. The van der Waals surface area contributed by atoms with Crippen LogP contribution in [0.2, 0.25) is 0 Å². The Kier molecular flexibility index (Phi) is 4.54. The van der Waals surface area contributed by atoms with Crippen LogP contribution in [-0.4, -0.2) is 68.0 Å². The van der Waals surface area contributed by atoms with E-state index in [9.17, 15) is 30.3 Å². The molecule has 136 valence electrons. The highest BCUT2D eigenvalue weighted by Crippen LogP contribution is 2.43. The molecule has 0 unspecified atom stereocenters. The number of fused-ring (bicyclic) bond motifs is 1. The molecular formula is C15H16O10. The van der Waals surface area contributed by atoms with Crippen LogP contribution in [0.25, 0.3) is 11.0 Å². The maximum atomic E-state index is 11.3. The second-order valence-electron chi connectivity index (χ2n) is 5.56. The molecule has 25 heavy (non-hydrogen) atoms. The maximum absolute atomic E-state index is 11.3. The fraction of sp³-hybridized carbons (Fsp3) is 0.400. The minimum Gasteiger partial charge on any atom is -0.504 e. The van der Waals surface area contributed by atoms with Gasteiger partial charge in [0.2, 0.25) is 17.8 Å². The van der Waals surface area contributed by atoms with Crippen LogP contribution in [0.1, 0.15) is 0 Å². The van der Waals surface area contributed by atoms with Crippen LogP contribution in [0.3, 0.4) is 0 Å². The molecule has 0 amide bonds. The normalized spacial score (nSPS) is 29.7. The summed E-state index contributed by atoms with van der Waals surface area (Å²) in [5.41, 5.74) is -1.00. The Morgan fingerprint density at radius 2 is 1.80 bits per heavy atom. The number of aliphatic hydroxyl groups excluding tert-OH is 4. The molecule has 1 aromatic heterocycles. The smallest absolute Gasteiger partial charge is 0.336 e. The fourth-order valence-corrected chi connectivity index (χ4v) is 2.56. The molecule has 1 saturated heterocycles. The highest BCUT2D eigenvalue weighted by Gasteiger charge is 2.45. The van der Waals surface area contributed by atoms with E-state index in [4.69, 9.17) is 19.0 Å². The van der Waals surface area contributed by atoms with Crippen molar-refractivity contribution in [1.29, 1.82) is 0 Å². The lowest BCUT2D eigenvalue weighted by Crippen LogP contribution is -2.60. The molecule has 1 aliphatic rings. The van der Waals surface area contributed by atoms with E-state index < -0.39 is 60.2 Å². The van der Waals surface area contributed by atoms with Crippen LogP contribution in [-0.2, 0) is 4.74 Å². The lowest BCUT2D eigenvalue weighted by Gasteiger charge is -2.39. The van der Waals surface area contributed by atoms with Gasteiger partial charge in [-0.1, -0.05) is 0 Å². The first-order chi connectivity index (χ1) is 11.8. The van der Waals surface area contributed by atoms with Gasteiger partial charge in [0.05, 0.1) is 6.61 Å². The zero-order valence-corrected chi connectivity index (χ0v) is 12.6. The predicted molar refractivity (Wildman–Crippen MR) is 80.2 cm³/mol. The largest absolute Gasteiger partial charge is 0.504 e. The Morgan fingerprint density at radius 3 is 2.48 bits per heavy atom. The lowest BCUT2D eigenvalue weighted by molar-refractivity contribution is -0.277. The Labute approximate surface area is 139 Å². The van der Waals surface area contributed by atoms with Crippen molar-refractivity contribution < 1.29 is 44.5 Å². The van der Waals surface area contributed by atoms with Crippen molar-refractivity contribution in [2.75, 3.05) is 6.61 Å². The molecule has 0 spiro atoms. The van der Waals surface area contributed by atoms with Gasteiger partial charge in [-0.2, -0.15) is 0 Å². The second-order valence-corrected chi connectivity index (χ2v) is 5.56. The summed E-state index contributed by atoms with van der Waals surface area (Å²) in [7, 11) is 0. The van der Waals surface area contributed by atoms with Crippen LogP contribution in [0.4, 0.5) is 0 Å². The van der Waals surface area contributed by atoms with Crippen molar-refractivity contribution >= 4 is 11.0 Å². The summed E-state index contributed by atoms with van der Waals surface area (Å²) in [6.07, 6.45) is -7.88. The van der Waals surface area contributed by atoms with Crippen LogP contribution < -0.4 is 10.4 Å². The summed E-state index contributed by atoms with van der Waals surface area (Å²) in [6.45, 7) is -0.671. The van der Waals surface area contributed by atoms with Crippen molar-refractivity contribution in [3.05, 3.63) is 28.6 Å². The maximum Gasteiger partial charge on any atom is 0.336 e. The van der Waals surface area contributed by atoms with Gasteiger partial charge >= 0.3 is 5.63 Å². The predicted octanol–water partition coefficient (Wildman–Crippen LogP) is -1.62. The van der Waals surface area contributed by atoms with E-state index in [0.29, 0.717) is 0 Å². The SMILES string of the molecule is O=c1ccc2cc(O)c(O[C@@H]3O[C@H](CO)[C@@H](O)[C@H](O)[C@H]3O)c(O)c2o1. The molecule has 2 heterocycles. The number of ether oxygens (including phenoxy) is 2. The van der Waals surface area contributed by atoms with Gasteiger partial charge in [0, 0.05) is 11.5 Å². The number of rotatable bonds is 3. The molecule has 0 radical (unpaired) electrons. The first-order valence-corrected chi connectivity index (χ1v) is 7.29. The fourth-order valence-electron chi connectivity index (χ4n) is 2.56. The first-order valence-electron chi connectivity index (χ1n) is 7.29. The van der Waals surface area contributed by atoms with Crippen molar-refractivity contribution in [3.8, 4) is 17.2 Å². The number of aromatic hydroxyl groups is 2. The summed E-state index contributed by atoms with van der Waals surface area (Å²) < 4.78 is 15.2. The van der Waals surface area contributed by atoms with Crippen molar-refractivity contribution in [1.82, 2.24) is 0 Å². The van der Waals surface area contributed by atoms with Gasteiger partial charge in [-0.3, -0.25) is 0 Å². The monoisotopic (exact) mass is 356 g/mol. The van der Waals surface area contributed by atoms with E-state index in [0.717, 1.165) is 12.1 Å². The average Bonchev–Trinajstić information content (AvgIpc) is 2.59. The van der Waals surface area contributed by atoms with E-state index in [1.165, 1.54) is 6.07 Å². The third kappa shape index (κ3) is 3.01. The van der Waals surface area contributed by atoms with Crippen molar-refractivity contribution in [3.63, 3.8) is 0 Å². The second kappa shape index (κ2) is 6.50. The molecule has 0 bridgehead atoms. The molecule has 10 heteroatoms. The zero-order valence-electron chi connectivity index (χ0n) is 12.6. The highest BCUT2D eigenvalue weighted by molar-refractivity contribution is 5.87. The number of aliphatic hydroxyl groups is 4. The molecule has 1 aromatic carbocycles. The summed E-state index contributed by atoms with van der Waals surface area (Å²) >= 11 is 0. The minimum absolute atomic E-state index is 0.218. The third-order valence-corrected chi connectivity index (χ3v) is 3.90. The zero-order chi connectivity index (χ0) is 18.3. The van der Waals surface area contributed by atoms with Gasteiger partial charge in [-0.15, -0.1) is 0 Å². The van der Waals surface area contributed by atoms with Crippen molar-refractivity contribution in [2.24, 2.45) is 0 Å². The summed E-state index contributed by atoms with van der Waals surface area (Å²) in [4.78, 5) is 11.3. The molecule has 0 saturated carbocycles. The van der Waals surface area contributed by atoms with Crippen molar-refractivity contribution in [2.45, 2.75) is 30.7 Å². The molecule has 0 aliphatic carbocycles. The van der Waals surface area contributed by atoms with E-state index >= 15 is 0 Å². The third-order valence-electron chi connectivity index (χ3n) is 3.90. The average molecular weight is 356 g/mol. The Balaban J connectivity index is 1.98. The molecule has 1 fully saturated rings. The van der Waals surface area contributed by atoms with Crippen LogP contribution >= 0.6 is 0 Å². The van der Waals surface area contributed by atoms with Crippen LogP contribution in [0.15, 0.2) is 27.4 Å². The number of hydrogen-bond acceptors (Lipinski definition) is 10. The summed E-state index contributed by atoms with van der Waals surface area (Å²) in [5, 5.41) is 59.0. The quantitative estimate of drug-likeness (QED) is 0.351. The van der Waals surface area contributed by atoms with Gasteiger partial charge in [0.15, 0.2) is 11.3 Å². The molecule has 3 rings (SSSR count). The standard InChI is InChI=1S/C15H16O10/c16-4-7-9(19)10(20)11(21)15(23-7)25-14-6(17)3-5-1-2-8(18)24-13(5)12(14)22/h1-3,7,9-11,15-17,19-22H,4H2/t7-,9-,10+,11-,15+/m1/s1. The van der Waals surface area contributed by atoms with E-state index in [2.05, 4.69) is 0 Å². The number of phenols is 2. The topological polar surface area (TPSA) is 170 Å². The first kappa shape index (κ1) is 17.5. The summed E-state index contributed by atoms with van der Waals surface area (Å²) in [5.74, 6) is -1.83. The van der Waals surface area contributed by atoms with E-state index in [-0.39, 0.29) is 11.0 Å². The Bertz CT molecular complexity index is 829. The molecular weight excluding hydrogens is 340 g/mol. The van der Waals surface area contributed by atoms with Gasteiger partial charge in [0.1, 0.15) is 24.4 Å². The van der Waals surface area contributed by atoms with Gasteiger partial charge in [-0.25, -0.2) is 4.79 Å². The minimum atomic E-state index is -1.74. The van der Waals surface area contributed by atoms with Crippen LogP contribution in [0, 0.1) is 0 Å². The summed E-state index contributed by atoms with van der Waals surface area (Å²) in [6, 6.07) is 3.56. The molecule has 1 aliphatic heterocycles.